The van der Waals surface area contributed by atoms with Gasteiger partial charge in [-0.15, -0.1) is 0 Å². The Bertz CT molecular complexity index is 518. The molecule has 2 rings (SSSR count). The van der Waals surface area contributed by atoms with E-state index in [0.717, 1.165) is 0 Å². The van der Waals surface area contributed by atoms with Crippen LogP contribution in [0.1, 0.15) is 0 Å². The smallest absolute Gasteiger partial charge is 0.0778 e. The average Bonchev–Trinajstić information content (AvgIpc) is 2.32. The Labute approximate surface area is 135 Å². The van der Waals surface area contributed by atoms with Crippen LogP contribution in [-0.4, -0.2) is 0 Å². The van der Waals surface area contributed by atoms with E-state index in [4.69, 9.17) is 69.6 Å². The highest BCUT2D eigenvalue weighted by Crippen LogP contribution is 2.28. The van der Waals surface area contributed by atoms with E-state index in [0.29, 0.717) is 30.1 Å². The monoisotopic (exact) mass is 360 g/mol. The van der Waals surface area contributed by atoms with Crippen molar-refractivity contribution >= 4 is 69.6 Å². The number of benzene rings is 2. The van der Waals surface area contributed by atoms with Crippen molar-refractivity contribution in [2.75, 3.05) is 0 Å². The molecule has 0 N–H and O–H groups in total. The lowest BCUT2D eigenvalue weighted by Crippen LogP contribution is -1.67. The van der Waals surface area contributed by atoms with Gasteiger partial charge in [-0.3, -0.25) is 0 Å². The van der Waals surface area contributed by atoms with Crippen LogP contribution in [0.15, 0.2) is 36.4 Å². The van der Waals surface area contributed by atoms with Crippen molar-refractivity contribution in [1.82, 2.24) is 0 Å². The minimum absolute atomic E-state index is 0.417. The van der Waals surface area contributed by atoms with Gasteiger partial charge in [0.1, 0.15) is 0 Å². The van der Waals surface area contributed by atoms with Crippen LogP contribution >= 0.6 is 69.6 Å². The van der Waals surface area contributed by atoms with Gasteiger partial charge in [0.15, 0.2) is 0 Å². The molecule has 0 saturated carbocycles. The third-order valence-electron chi connectivity index (χ3n) is 1.79. The van der Waals surface area contributed by atoms with E-state index in [1.165, 1.54) is 0 Å². The van der Waals surface area contributed by atoms with E-state index < -0.39 is 0 Å². The summed E-state index contributed by atoms with van der Waals surface area (Å²) in [5, 5.41) is 3.02. The Kier molecular flexibility index (Phi) is 6.94. The predicted molar refractivity (Wildman–Crippen MR) is 82.9 cm³/mol. The SMILES string of the molecule is Clc1ccc(Cl)c(Cl)c1.Clc1cccc(Cl)c1Cl. The highest BCUT2D eigenvalue weighted by atomic mass is 35.5. The summed E-state index contributed by atoms with van der Waals surface area (Å²) in [5.41, 5.74) is 0. The first-order chi connectivity index (χ1) is 8.41. The van der Waals surface area contributed by atoms with Crippen LogP contribution < -0.4 is 0 Å². The number of hydrogen-bond acceptors (Lipinski definition) is 0. The van der Waals surface area contributed by atoms with Crippen LogP contribution in [-0.2, 0) is 0 Å². The van der Waals surface area contributed by atoms with Gasteiger partial charge in [-0.05, 0) is 30.3 Å². The molecule has 2 aromatic carbocycles. The molecule has 0 atom stereocenters. The summed E-state index contributed by atoms with van der Waals surface area (Å²) in [4.78, 5) is 0. The molecule has 0 aliphatic carbocycles. The lowest BCUT2D eigenvalue weighted by Gasteiger charge is -1.94. The molecule has 18 heavy (non-hydrogen) atoms. The molecular weight excluding hydrogens is 357 g/mol. The Hall–Kier alpha value is 0.180. The second-order valence-corrected chi connectivity index (χ2v) is 5.54. The van der Waals surface area contributed by atoms with E-state index >= 15 is 0 Å². The van der Waals surface area contributed by atoms with Crippen LogP contribution in [0.3, 0.4) is 0 Å². The second kappa shape index (κ2) is 7.69. The maximum atomic E-state index is 5.61. The molecule has 0 aromatic heterocycles. The normalized spacial score (nSPS) is 9.67. The van der Waals surface area contributed by atoms with Gasteiger partial charge in [-0.25, -0.2) is 0 Å². The Morgan fingerprint density at radius 3 is 1.50 bits per heavy atom. The zero-order valence-electron chi connectivity index (χ0n) is 8.73. The lowest BCUT2D eigenvalue weighted by atomic mass is 10.4. The topological polar surface area (TPSA) is 0 Å². The molecule has 0 unspecified atom stereocenters. The molecule has 0 bridgehead atoms. The summed E-state index contributed by atoms with van der Waals surface area (Å²) in [6.07, 6.45) is 0. The van der Waals surface area contributed by atoms with Crippen molar-refractivity contribution in [3.05, 3.63) is 66.5 Å². The zero-order chi connectivity index (χ0) is 13.7. The number of rotatable bonds is 0. The minimum Gasteiger partial charge on any atom is -0.0843 e. The summed E-state index contributed by atoms with van der Waals surface area (Å²) in [7, 11) is 0. The van der Waals surface area contributed by atoms with Crippen molar-refractivity contribution in [1.29, 1.82) is 0 Å². The molecule has 0 aliphatic heterocycles. The van der Waals surface area contributed by atoms with Crippen LogP contribution in [0.4, 0.5) is 0 Å². The van der Waals surface area contributed by atoms with Gasteiger partial charge in [0.25, 0.3) is 0 Å². The van der Waals surface area contributed by atoms with Crippen molar-refractivity contribution in [3.8, 4) is 0 Å². The van der Waals surface area contributed by atoms with Gasteiger partial charge < -0.3 is 0 Å². The predicted octanol–water partition coefficient (Wildman–Crippen LogP) is 7.29. The molecular formula is C12H6Cl6. The molecule has 2 aromatic rings. The largest absolute Gasteiger partial charge is 0.0843 e. The molecule has 0 radical (unpaired) electrons. The highest BCUT2D eigenvalue weighted by Gasteiger charge is 1.98. The van der Waals surface area contributed by atoms with Crippen molar-refractivity contribution < 1.29 is 0 Å². The maximum absolute atomic E-state index is 5.61. The molecule has 0 aliphatic rings. The first-order valence-corrected chi connectivity index (χ1v) is 6.88. The third kappa shape index (κ3) is 5.05. The molecule has 0 heterocycles. The third-order valence-corrected chi connectivity index (χ3v) is 3.99. The van der Waals surface area contributed by atoms with E-state index in [1.807, 2.05) is 0 Å². The quantitative estimate of drug-likeness (QED) is 0.341. The van der Waals surface area contributed by atoms with Gasteiger partial charge in [-0.1, -0.05) is 75.7 Å². The van der Waals surface area contributed by atoms with E-state index in [9.17, 15) is 0 Å². The Morgan fingerprint density at radius 2 is 1.11 bits per heavy atom. The van der Waals surface area contributed by atoms with Gasteiger partial charge in [-0.2, -0.15) is 0 Å². The molecule has 0 amide bonds. The van der Waals surface area contributed by atoms with Gasteiger partial charge in [0.2, 0.25) is 0 Å². The van der Waals surface area contributed by atoms with Crippen LogP contribution in [0, 0.1) is 0 Å². The van der Waals surface area contributed by atoms with Gasteiger partial charge >= 0.3 is 0 Å². The van der Waals surface area contributed by atoms with Gasteiger partial charge in [0.05, 0.1) is 25.1 Å². The molecule has 0 spiro atoms. The summed E-state index contributed by atoms with van der Waals surface area (Å²) in [6.45, 7) is 0. The minimum atomic E-state index is 0.417. The van der Waals surface area contributed by atoms with Crippen molar-refractivity contribution in [2.24, 2.45) is 0 Å². The molecule has 96 valence electrons. The van der Waals surface area contributed by atoms with Gasteiger partial charge in [0, 0.05) is 5.02 Å². The summed E-state index contributed by atoms with van der Waals surface area (Å²) >= 11 is 33.6. The fourth-order valence-corrected chi connectivity index (χ4v) is 2.00. The summed E-state index contributed by atoms with van der Waals surface area (Å²) < 4.78 is 0. The molecule has 6 heteroatoms. The maximum Gasteiger partial charge on any atom is 0.0778 e. The van der Waals surface area contributed by atoms with Crippen molar-refractivity contribution in [2.45, 2.75) is 0 Å². The van der Waals surface area contributed by atoms with E-state index in [1.54, 1.807) is 36.4 Å². The highest BCUT2D eigenvalue weighted by molar-refractivity contribution is 6.48. The molecule has 0 nitrogen and oxygen atoms in total. The van der Waals surface area contributed by atoms with Crippen LogP contribution in [0.5, 0.6) is 0 Å². The summed E-state index contributed by atoms with van der Waals surface area (Å²) in [5.74, 6) is 0. The van der Waals surface area contributed by atoms with Crippen LogP contribution in [0.2, 0.25) is 30.1 Å². The molecule has 0 saturated heterocycles. The number of hydrogen-bond donors (Lipinski definition) is 0. The lowest BCUT2D eigenvalue weighted by molar-refractivity contribution is 1.70. The fourth-order valence-electron chi connectivity index (χ4n) is 0.948. The number of halogens is 6. The Morgan fingerprint density at radius 1 is 0.556 bits per heavy atom. The average molecular weight is 363 g/mol. The first-order valence-electron chi connectivity index (χ1n) is 4.62. The fraction of sp³-hybridized carbons (Fsp3) is 0. The first kappa shape index (κ1) is 16.2. The standard InChI is InChI=1S/2C6H3Cl3/c7-4-1-2-5(8)6(9)3-4;7-4-2-1-3-5(8)6(4)9/h2*1-3H. The van der Waals surface area contributed by atoms with Crippen molar-refractivity contribution in [3.63, 3.8) is 0 Å². The van der Waals surface area contributed by atoms with Crippen LogP contribution in [0.25, 0.3) is 0 Å². The van der Waals surface area contributed by atoms with E-state index in [-0.39, 0.29) is 0 Å². The zero-order valence-corrected chi connectivity index (χ0v) is 13.3. The second-order valence-electron chi connectivity index (χ2n) is 3.09. The van der Waals surface area contributed by atoms with E-state index in [2.05, 4.69) is 0 Å². The molecule has 0 fully saturated rings. The Balaban J connectivity index is 0.000000180. The summed E-state index contributed by atoms with van der Waals surface area (Å²) in [6, 6.07) is 10.1.